The lowest BCUT2D eigenvalue weighted by Gasteiger charge is -2.25. The van der Waals surface area contributed by atoms with E-state index in [9.17, 15) is 4.79 Å². The molecule has 4 nitrogen and oxygen atoms in total. The Morgan fingerprint density at radius 2 is 2.30 bits per heavy atom. The van der Waals surface area contributed by atoms with Crippen LogP contribution in [-0.2, 0) is 4.79 Å². The van der Waals surface area contributed by atoms with Gasteiger partial charge in [0.25, 0.3) is 0 Å². The molecule has 1 fully saturated rings. The SMILES string of the molecule is CC1(C)CCCC1C(=O)Nc1nc2ccc(N)cc2s1. The van der Waals surface area contributed by atoms with Crippen LogP contribution in [0.4, 0.5) is 10.8 Å². The van der Waals surface area contributed by atoms with Crippen LogP contribution in [0.25, 0.3) is 10.2 Å². The van der Waals surface area contributed by atoms with Crippen LogP contribution in [-0.4, -0.2) is 10.9 Å². The first-order valence-electron chi connectivity index (χ1n) is 6.93. The van der Waals surface area contributed by atoms with E-state index in [1.54, 1.807) is 0 Å². The summed E-state index contributed by atoms with van der Waals surface area (Å²) in [7, 11) is 0. The van der Waals surface area contributed by atoms with Crippen molar-refractivity contribution in [2.45, 2.75) is 33.1 Å². The number of carbonyl (C=O) groups is 1. The number of nitrogens with two attached hydrogens (primary N) is 1. The van der Waals surface area contributed by atoms with E-state index in [1.165, 1.54) is 11.3 Å². The fourth-order valence-corrected chi connectivity index (χ4v) is 3.92. The van der Waals surface area contributed by atoms with Gasteiger partial charge in [0.2, 0.25) is 5.91 Å². The van der Waals surface area contributed by atoms with Gasteiger partial charge < -0.3 is 11.1 Å². The molecule has 1 aliphatic rings. The van der Waals surface area contributed by atoms with E-state index in [2.05, 4.69) is 24.1 Å². The molecule has 0 bridgehead atoms. The Bertz CT molecular complexity index is 662. The maximum absolute atomic E-state index is 12.4. The van der Waals surface area contributed by atoms with Gasteiger partial charge in [0.1, 0.15) is 0 Å². The molecule has 0 saturated heterocycles. The summed E-state index contributed by atoms with van der Waals surface area (Å²) in [6.45, 7) is 4.34. The number of nitrogens with zero attached hydrogens (tertiary/aromatic N) is 1. The normalized spacial score (nSPS) is 21.2. The first-order chi connectivity index (χ1) is 9.45. The number of aromatic nitrogens is 1. The molecule has 3 rings (SSSR count). The zero-order valence-corrected chi connectivity index (χ0v) is 12.6. The predicted molar refractivity (Wildman–Crippen MR) is 83.8 cm³/mol. The van der Waals surface area contributed by atoms with E-state index in [0.29, 0.717) is 5.13 Å². The van der Waals surface area contributed by atoms with Crippen LogP contribution in [0.3, 0.4) is 0 Å². The molecule has 0 aliphatic heterocycles. The van der Waals surface area contributed by atoms with Crippen LogP contribution in [0.5, 0.6) is 0 Å². The van der Waals surface area contributed by atoms with E-state index in [0.717, 1.165) is 35.2 Å². The van der Waals surface area contributed by atoms with Gasteiger partial charge in [0, 0.05) is 11.6 Å². The van der Waals surface area contributed by atoms with Crippen molar-refractivity contribution in [3.63, 3.8) is 0 Å². The molecule has 5 heteroatoms. The summed E-state index contributed by atoms with van der Waals surface area (Å²) in [5, 5.41) is 3.64. The molecule has 1 heterocycles. The van der Waals surface area contributed by atoms with Gasteiger partial charge in [-0.15, -0.1) is 0 Å². The number of benzene rings is 1. The molecule has 2 aromatic rings. The van der Waals surface area contributed by atoms with Gasteiger partial charge in [-0.05, 0) is 36.5 Å². The van der Waals surface area contributed by atoms with Crippen LogP contribution in [0.1, 0.15) is 33.1 Å². The van der Waals surface area contributed by atoms with Crippen molar-refractivity contribution >= 4 is 38.3 Å². The average Bonchev–Trinajstić information content (AvgIpc) is 2.90. The highest BCUT2D eigenvalue weighted by atomic mass is 32.1. The lowest BCUT2D eigenvalue weighted by atomic mass is 9.81. The third-order valence-electron chi connectivity index (χ3n) is 4.22. The minimum atomic E-state index is 0.0829. The number of fused-ring (bicyclic) bond motifs is 1. The third kappa shape index (κ3) is 2.38. The Morgan fingerprint density at radius 1 is 1.50 bits per heavy atom. The molecule has 1 aromatic heterocycles. The van der Waals surface area contributed by atoms with Crippen LogP contribution in [0.15, 0.2) is 18.2 Å². The second kappa shape index (κ2) is 4.74. The molecular weight excluding hydrogens is 270 g/mol. The standard InChI is InChI=1S/C15H19N3OS/c1-15(2)7-3-4-10(15)13(19)18-14-17-11-6-5-9(16)8-12(11)20-14/h5-6,8,10H,3-4,7,16H2,1-2H3,(H,17,18,19). The molecular formula is C15H19N3OS. The topological polar surface area (TPSA) is 68.0 Å². The average molecular weight is 289 g/mol. The predicted octanol–water partition coefficient (Wildman–Crippen LogP) is 3.64. The summed E-state index contributed by atoms with van der Waals surface area (Å²) in [5.74, 6) is 0.180. The van der Waals surface area contributed by atoms with Crippen molar-refractivity contribution in [3.05, 3.63) is 18.2 Å². The van der Waals surface area contributed by atoms with Crippen LogP contribution >= 0.6 is 11.3 Å². The largest absolute Gasteiger partial charge is 0.399 e. The second-order valence-electron chi connectivity index (χ2n) is 6.17. The quantitative estimate of drug-likeness (QED) is 0.829. The van der Waals surface area contributed by atoms with Crippen LogP contribution in [0.2, 0.25) is 0 Å². The molecule has 1 aromatic carbocycles. The van der Waals surface area contributed by atoms with Crippen LogP contribution in [0, 0.1) is 11.3 Å². The molecule has 0 radical (unpaired) electrons. The summed E-state index contributed by atoms with van der Waals surface area (Å²) >= 11 is 1.48. The van der Waals surface area contributed by atoms with Gasteiger partial charge >= 0.3 is 0 Å². The minimum Gasteiger partial charge on any atom is -0.399 e. The number of hydrogen-bond donors (Lipinski definition) is 2. The lowest BCUT2D eigenvalue weighted by Crippen LogP contribution is -2.30. The fourth-order valence-electron chi connectivity index (χ4n) is 3.00. The second-order valence-corrected chi connectivity index (χ2v) is 7.20. The van der Waals surface area contributed by atoms with Crippen molar-refractivity contribution in [2.75, 3.05) is 11.1 Å². The number of nitrogen functional groups attached to an aromatic ring is 1. The monoisotopic (exact) mass is 289 g/mol. The molecule has 1 saturated carbocycles. The highest BCUT2D eigenvalue weighted by Crippen LogP contribution is 2.43. The Hall–Kier alpha value is -1.62. The number of carbonyl (C=O) groups excluding carboxylic acids is 1. The summed E-state index contributed by atoms with van der Waals surface area (Å²) < 4.78 is 1.01. The number of anilines is 2. The highest BCUT2D eigenvalue weighted by Gasteiger charge is 2.39. The van der Waals surface area contributed by atoms with Gasteiger partial charge in [0.05, 0.1) is 10.2 Å². The molecule has 1 unspecified atom stereocenters. The van der Waals surface area contributed by atoms with Crippen molar-refractivity contribution in [3.8, 4) is 0 Å². The third-order valence-corrected chi connectivity index (χ3v) is 5.15. The first kappa shape index (κ1) is 13.4. The minimum absolute atomic E-state index is 0.0829. The Balaban J connectivity index is 1.81. The van der Waals surface area contributed by atoms with Gasteiger partial charge in [-0.25, -0.2) is 4.98 Å². The number of rotatable bonds is 2. The van der Waals surface area contributed by atoms with E-state index in [4.69, 9.17) is 5.73 Å². The molecule has 1 atom stereocenters. The lowest BCUT2D eigenvalue weighted by molar-refractivity contribution is -0.122. The van der Waals surface area contributed by atoms with Crippen molar-refractivity contribution < 1.29 is 4.79 Å². The fraction of sp³-hybridized carbons (Fsp3) is 0.467. The zero-order chi connectivity index (χ0) is 14.3. The smallest absolute Gasteiger partial charge is 0.229 e. The highest BCUT2D eigenvalue weighted by molar-refractivity contribution is 7.22. The molecule has 20 heavy (non-hydrogen) atoms. The number of thiazole rings is 1. The van der Waals surface area contributed by atoms with Gasteiger partial charge in [-0.3, -0.25) is 4.79 Å². The Labute approximate surface area is 122 Å². The summed E-state index contributed by atoms with van der Waals surface area (Å²) in [6, 6.07) is 5.60. The van der Waals surface area contributed by atoms with Gasteiger partial charge in [-0.2, -0.15) is 0 Å². The summed E-state index contributed by atoms with van der Waals surface area (Å²) in [4.78, 5) is 16.8. The molecule has 1 amide bonds. The van der Waals surface area contributed by atoms with Crippen molar-refractivity contribution in [1.82, 2.24) is 4.98 Å². The number of hydrogen-bond acceptors (Lipinski definition) is 4. The molecule has 3 N–H and O–H groups in total. The van der Waals surface area contributed by atoms with Gasteiger partial charge in [-0.1, -0.05) is 31.6 Å². The maximum Gasteiger partial charge on any atom is 0.229 e. The molecule has 0 spiro atoms. The van der Waals surface area contributed by atoms with Crippen molar-refractivity contribution in [1.29, 1.82) is 0 Å². The number of nitrogens with one attached hydrogen (secondary N) is 1. The van der Waals surface area contributed by atoms with E-state index < -0.39 is 0 Å². The number of amides is 1. The van der Waals surface area contributed by atoms with Crippen molar-refractivity contribution in [2.24, 2.45) is 11.3 Å². The zero-order valence-electron chi connectivity index (χ0n) is 11.8. The molecule has 1 aliphatic carbocycles. The Kier molecular flexibility index (Phi) is 3.17. The Morgan fingerprint density at radius 3 is 3.00 bits per heavy atom. The first-order valence-corrected chi connectivity index (χ1v) is 7.74. The summed E-state index contributed by atoms with van der Waals surface area (Å²) in [5.41, 5.74) is 7.45. The summed E-state index contributed by atoms with van der Waals surface area (Å²) in [6.07, 6.45) is 3.21. The van der Waals surface area contributed by atoms with E-state index >= 15 is 0 Å². The van der Waals surface area contributed by atoms with E-state index in [1.807, 2.05) is 18.2 Å². The van der Waals surface area contributed by atoms with Crippen LogP contribution < -0.4 is 11.1 Å². The maximum atomic E-state index is 12.4. The van der Waals surface area contributed by atoms with E-state index in [-0.39, 0.29) is 17.2 Å². The molecule has 106 valence electrons. The van der Waals surface area contributed by atoms with Gasteiger partial charge in [0.15, 0.2) is 5.13 Å².